The maximum atomic E-state index is 12.9. The van der Waals surface area contributed by atoms with E-state index in [-0.39, 0.29) is 35.4 Å². The third-order valence-electron chi connectivity index (χ3n) is 5.87. The Morgan fingerprint density at radius 3 is 2.60 bits per heavy atom. The second-order valence-corrected chi connectivity index (χ2v) is 9.67. The highest BCUT2D eigenvalue weighted by Gasteiger charge is 2.48. The number of pyridine rings is 1. The number of fused-ring (bicyclic) bond motifs is 1. The van der Waals surface area contributed by atoms with Gasteiger partial charge in [-0.15, -0.1) is 0 Å². The Balaban J connectivity index is 1.54. The van der Waals surface area contributed by atoms with Crippen molar-refractivity contribution >= 4 is 15.7 Å². The molecule has 3 heterocycles. The van der Waals surface area contributed by atoms with E-state index < -0.39 is 9.84 Å². The standard InChI is InChI=1S/C18H25N3O3S/c22-18(14-5-1-2-6-14)21-10-9-20(11-15-7-3-4-8-19-15)16-12-25(23,24)13-17(16)21/h3-4,7-8,14,16-17H,1-2,5-6,9-13H2. The van der Waals surface area contributed by atoms with Gasteiger partial charge in [0.1, 0.15) is 0 Å². The average Bonchev–Trinajstić information content (AvgIpc) is 3.22. The Hall–Kier alpha value is -1.47. The fraction of sp³-hybridized carbons (Fsp3) is 0.667. The van der Waals surface area contributed by atoms with Gasteiger partial charge in [-0.3, -0.25) is 14.7 Å². The molecule has 0 N–H and O–H groups in total. The van der Waals surface area contributed by atoms with Crippen LogP contribution in [0.4, 0.5) is 0 Å². The van der Waals surface area contributed by atoms with Gasteiger partial charge in [0.15, 0.2) is 9.84 Å². The Morgan fingerprint density at radius 1 is 1.12 bits per heavy atom. The molecule has 1 aliphatic carbocycles. The van der Waals surface area contributed by atoms with Crippen molar-refractivity contribution < 1.29 is 13.2 Å². The average molecular weight is 363 g/mol. The number of nitrogens with zero attached hydrogens (tertiary/aromatic N) is 3. The number of amides is 1. The Labute approximate surface area is 149 Å². The molecule has 136 valence electrons. The monoisotopic (exact) mass is 363 g/mol. The third kappa shape index (κ3) is 3.44. The first-order valence-corrected chi connectivity index (χ1v) is 11.0. The van der Waals surface area contributed by atoms with E-state index in [9.17, 15) is 13.2 Å². The van der Waals surface area contributed by atoms with Crippen molar-refractivity contribution in [2.24, 2.45) is 5.92 Å². The molecule has 2 saturated heterocycles. The number of rotatable bonds is 3. The van der Waals surface area contributed by atoms with E-state index >= 15 is 0 Å². The predicted molar refractivity (Wildman–Crippen MR) is 94.5 cm³/mol. The Kier molecular flexibility index (Phi) is 4.54. The number of sulfone groups is 1. The van der Waals surface area contributed by atoms with Crippen molar-refractivity contribution in [2.45, 2.75) is 44.3 Å². The summed E-state index contributed by atoms with van der Waals surface area (Å²) in [5, 5.41) is 0. The third-order valence-corrected chi connectivity index (χ3v) is 7.57. The Morgan fingerprint density at radius 2 is 1.88 bits per heavy atom. The first-order chi connectivity index (χ1) is 12.0. The summed E-state index contributed by atoms with van der Waals surface area (Å²) >= 11 is 0. The fourth-order valence-electron chi connectivity index (χ4n) is 4.60. The van der Waals surface area contributed by atoms with E-state index in [1.807, 2.05) is 23.1 Å². The van der Waals surface area contributed by atoms with Gasteiger partial charge in [0.25, 0.3) is 0 Å². The van der Waals surface area contributed by atoms with Crippen LogP contribution in [-0.2, 0) is 21.2 Å². The summed E-state index contributed by atoms with van der Waals surface area (Å²) < 4.78 is 24.6. The molecule has 1 saturated carbocycles. The topological polar surface area (TPSA) is 70.6 Å². The molecule has 25 heavy (non-hydrogen) atoms. The van der Waals surface area contributed by atoms with Gasteiger partial charge in [-0.25, -0.2) is 8.42 Å². The lowest BCUT2D eigenvalue weighted by Crippen LogP contribution is -2.61. The number of carbonyl (C=O) groups is 1. The smallest absolute Gasteiger partial charge is 0.226 e. The molecule has 0 aromatic carbocycles. The van der Waals surface area contributed by atoms with Crippen LogP contribution >= 0.6 is 0 Å². The second kappa shape index (κ2) is 6.68. The van der Waals surface area contributed by atoms with Crippen LogP contribution < -0.4 is 0 Å². The summed E-state index contributed by atoms with van der Waals surface area (Å²) in [5.74, 6) is 0.543. The highest BCUT2D eigenvalue weighted by atomic mass is 32.2. The molecule has 1 amide bonds. The SMILES string of the molecule is O=C(C1CCCC1)N1CCN(Cc2ccccn2)C2CS(=O)(=O)CC21. The Bertz CT molecular complexity index is 731. The first-order valence-electron chi connectivity index (χ1n) is 9.18. The predicted octanol–water partition coefficient (Wildman–Crippen LogP) is 1.08. The van der Waals surface area contributed by atoms with Crippen molar-refractivity contribution in [1.82, 2.24) is 14.8 Å². The van der Waals surface area contributed by atoms with E-state index in [1.54, 1.807) is 6.20 Å². The van der Waals surface area contributed by atoms with Crippen molar-refractivity contribution in [1.29, 1.82) is 0 Å². The number of hydrogen-bond acceptors (Lipinski definition) is 5. The maximum Gasteiger partial charge on any atom is 0.226 e. The zero-order chi connectivity index (χ0) is 17.4. The molecule has 0 bridgehead atoms. The normalized spacial score (nSPS) is 29.7. The van der Waals surface area contributed by atoms with Gasteiger partial charge in [-0.05, 0) is 25.0 Å². The summed E-state index contributed by atoms with van der Waals surface area (Å²) in [5.41, 5.74) is 0.945. The van der Waals surface area contributed by atoms with Gasteiger partial charge in [0, 0.05) is 37.8 Å². The largest absolute Gasteiger partial charge is 0.336 e. The van der Waals surface area contributed by atoms with E-state index in [2.05, 4.69) is 9.88 Å². The van der Waals surface area contributed by atoms with E-state index in [1.165, 1.54) is 0 Å². The second-order valence-electron chi connectivity index (χ2n) is 7.52. The molecule has 0 radical (unpaired) electrons. The van der Waals surface area contributed by atoms with Gasteiger partial charge in [0.05, 0.1) is 23.2 Å². The maximum absolute atomic E-state index is 12.9. The van der Waals surface area contributed by atoms with Gasteiger partial charge in [-0.2, -0.15) is 0 Å². The van der Waals surface area contributed by atoms with Crippen molar-refractivity contribution in [2.75, 3.05) is 24.6 Å². The van der Waals surface area contributed by atoms with Crippen LogP contribution in [0.3, 0.4) is 0 Å². The van der Waals surface area contributed by atoms with Gasteiger partial charge >= 0.3 is 0 Å². The summed E-state index contributed by atoms with van der Waals surface area (Å²) in [6, 6.07) is 5.49. The fourth-order valence-corrected chi connectivity index (χ4v) is 6.61. The molecule has 3 fully saturated rings. The minimum absolute atomic E-state index is 0.103. The molecule has 2 atom stereocenters. The molecule has 0 spiro atoms. The van der Waals surface area contributed by atoms with Gasteiger partial charge < -0.3 is 4.90 Å². The zero-order valence-electron chi connectivity index (χ0n) is 14.4. The van der Waals surface area contributed by atoms with Crippen molar-refractivity contribution in [3.8, 4) is 0 Å². The number of aromatic nitrogens is 1. The molecule has 2 unspecified atom stereocenters. The van der Waals surface area contributed by atoms with Gasteiger partial charge in [0.2, 0.25) is 5.91 Å². The highest BCUT2D eigenvalue weighted by molar-refractivity contribution is 7.91. The summed E-state index contributed by atoms with van der Waals surface area (Å²) in [4.78, 5) is 21.4. The lowest BCUT2D eigenvalue weighted by atomic mass is 10.00. The van der Waals surface area contributed by atoms with Crippen LogP contribution in [0.25, 0.3) is 0 Å². The summed E-state index contributed by atoms with van der Waals surface area (Å²) in [6.45, 7) is 1.98. The van der Waals surface area contributed by atoms with Crippen molar-refractivity contribution in [3.05, 3.63) is 30.1 Å². The molecular formula is C18H25N3O3S. The highest BCUT2D eigenvalue weighted by Crippen LogP contribution is 2.32. The van der Waals surface area contributed by atoms with Crippen LogP contribution in [0.2, 0.25) is 0 Å². The van der Waals surface area contributed by atoms with Crippen LogP contribution in [-0.4, -0.2) is 65.8 Å². The van der Waals surface area contributed by atoms with E-state index in [0.717, 1.165) is 31.4 Å². The first kappa shape index (κ1) is 17.0. The lowest BCUT2D eigenvalue weighted by molar-refractivity contribution is -0.141. The molecule has 6 nitrogen and oxygen atoms in total. The molecule has 1 aromatic rings. The number of piperazine rings is 1. The number of carbonyl (C=O) groups excluding carboxylic acids is 1. The molecule has 7 heteroatoms. The number of hydrogen-bond donors (Lipinski definition) is 0. The van der Waals surface area contributed by atoms with Gasteiger partial charge in [-0.1, -0.05) is 18.9 Å². The molecule has 3 aliphatic rings. The lowest BCUT2D eigenvalue weighted by Gasteiger charge is -2.44. The minimum Gasteiger partial charge on any atom is -0.336 e. The quantitative estimate of drug-likeness (QED) is 0.804. The minimum atomic E-state index is -3.10. The van der Waals surface area contributed by atoms with Crippen LogP contribution in [0.15, 0.2) is 24.4 Å². The van der Waals surface area contributed by atoms with Crippen LogP contribution in [0.5, 0.6) is 0 Å². The summed E-state index contributed by atoms with van der Waals surface area (Å²) in [6.07, 6.45) is 5.90. The van der Waals surface area contributed by atoms with E-state index in [4.69, 9.17) is 0 Å². The molecule has 1 aromatic heterocycles. The van der Waals surface area contributed by atoms with Crippen molar-refractivity contribution in [3.63, 3.8) is 0 Å². The van der Waals surface area contributed by atoms with E-state index in [0.29, 0.717) is 19.6 Å². The molecule has 4 rings (SSSR count). The summed E-state index contributed by atoms with van der Waals surface area (Å²) in [7, 11) is -3.10. The van der Waals surface area contributed by atoms with Crippen LogP contribution in [0.1, 0.15) is 31.4 Å². The molecule has 2 aliphatic heterocycles. The zero-order valence-corrected chi connectivity index (χ0v) is 15.2. The van der Waals surface area contributed by atoms with Crippen LogP contribution in [0, 0.1) is 5.92 Å². The molecular weight excluding hydrogens is 338 g/mol.